The minimum absolute atomic E-state index is 0.104. The molecule has 0 aliphatic carbocycles. The Morgan fingerprint density at radius 3 is 2.77 bits per heavy atom. The predicted octanol–water partition coefficient (Wildman–Crippen LogP) is 0.564. The number of benzene rings is 1. The number of phenols is 1. The molecule has 1 aromatic rings. The third-order valence-corrected chi connectivity index (χ3v) is 1.67. The van der Waals surface area contributed by atoms with Crippen molar-refractivity contribution in [3.05, 3.63) is 29.3 Å². The van der Waals surface area contributed by atoms with E-state index in [9.17, 15) is 14.7 Å². The number of carbonyl (C=O) groups is 2. The zero-order chi connectivity index (χ0) is 9.84. The minimum Gasteiger partial charge on any atom is -0.506 e. The fourth-order valence-electron chi connectivity index (χ4n) is 0.974. The van der Waals surface area contributed by atoms with Crippen LogP contribution in [0.2, 0.25) is 0 Å². The van der Waals surface area contributed by atoms with E-state index in [1.807, 2.05) is 0 Å². The Balaban J connectivity index is 3.23. The minimum atomic E-state index is -0.416. The number of carbonyl (C=O) groups excluding carboxylic acids is 2. The fourth-order valence-corrected chi connectivity index (χ4v) is 0.974. The van der Waals surface area contributed by atoms with E-state index in [-0.39, 0.29) is 16.9 Å². The summed E-state index contributed by atoms with van der Waals surface area (Å²) in [5.41, 5.74) is 0.216. The number of hydrogen-bond acceptors (Lipinski definition) is 3. The number of aromatic hydroxyl groups is 1. The van der Waals surface area contributed by atoms with Crippen LogP contribution < -0.4 is 5.32 Å². The van der Waals surface area contributed by atoms with Crippen molar-refractivity contribution in [2.24, 2.45) is 0 Å². The zero-order valence-corrected chi connectivity index (χ0v) is 7.07. The Bertz CT molecular complexity index is 347. The molecule has 0 saturated carbocycles. The number of phenolic OH excluding ortho intramolecular Hbond substituents is 1. The first kappa shape index (κ1) is 9.25. The average molecular weight is 179 g/mol. The van der Waals surface area contributed by atoms with E-state index in [0.717, 1.165) is 0 Å². The number of rotatable bonds is 2. The number of nitrogens with one attached hydrogen (secondary N) is 1. The summed E-state index contributed by atoms with van der Waals surface area (Å²) in [6, 6.07) is 4.42. The predicted molar refractivity (Wildman–Crippen MR) is 46.9 cm³/mol. The van der Waals surface area contributed by atoms with Crippen LogP contribution in [-0.4, -0.2) is 24.3 Å². The first-order chi connectivity index (χ1) is 6.20. The van der Waals surface area contributed by atoms with Crippen molar-refractivity contribution in [3.8, 4) is 5.75 Å². The van der Waals surface area contributed by atoms with Gasteiger partial charge in [0.2, 0.25) is 0 Å². The highest BCUT2D eigenvalue weighted by Gasteiger charge is 2.11. The number of aldehydes is 1. The molecule has 0 fully saturated rings. The Morgan fingerprint density at radius 2 is 2.23 bits per heavy atom. The van der Waals surface area contributed by atoms with Crippen molar-refractivity contribution in [1.82, 2.24) is 5.32 Å². The zero-order valence-electron chi connectivity index (χ0n) is 7.07. The molecule has 68 valence electrons. The molecule has 0 aliphatic rings. The first-order valence-corrected chi connectivity index (χ1v) is 3.70. The van der Waals surface area contributed by atoms with E-state index in [0.29, 0.717) is 6.29 Å². The van der Waals surface area contributed by atoms with E-state index >= 15 is 0 Å². The van der Waals surface area contributed by atoms with Gasteiger partial charge in [0, 0.05) is 7.05 Å². The van der Waals surface area contributed by atoms with Crippen molar-refractivity contribution < 1.29 is 14.7 Å². The maximum Gasteiger partial charge on any atom is 0.254 e. The van der Waals surface area contributed by atoms with Crippen LogP contribution >= 0.6 is 0 Å². The van der Waals surface area contributed by atoms with Crippen LogP contribution in [0.15, 0.2) is 18.2 Å². The highest BCUT2D eigenvalue weighted by atomic mass is 16.3. The molecule has 0 aliphatic heterocycles. The van der Waals surface area contributed by atoms with Crippen molar-refractivity contribution in [2.75, 3.05) is 7.05 Å². The molecule has 0 spiro atoms. The van der Waals surface area contributed by atoms with E-state index < -0.39 is 5.91 Å². The van der Waals surface area contributed by atoms with E-state index in [4.69, 9.17) is 0 Å². The van der Waals surface area contributed by atoms with Crippen LogP contribution in [-0.2, 0) is 0 Å². The Morgan fingerprint density at radius 1 is 1.54 bits per heavy atom. The summed E-state index contributed by atoms with van der Waals surface area (Å²) in [5, 5.41) is 11.8. The van der Waals surface area contributed by atoms with Crippen LogP contribution in [0.5, 0.6) is 5.75 Å². The van der Waals surface area contributed by atoms with E-state index in [1.165, 1.54) is 25.2 Å². The van der Waals surface area contributed by atoms with Crippen LogP contribution in [0, 0.1) is 0 Å². The Kier molecular flexibility index (Phi) is 2.64. The summed E-state index contributed by atoms with van der Waals surface area (Å²) < 4.78 is 0. The summed E-state index contributed by atoms with van der Waals surface area (Å²) >= 11 is 0. The summed E-state index contributed by atoms with van der Waals surface area (Å²) in [5.74, 6) is -0.696. The van der Waals surface area contributed by atoms with Gasteiger partial charge in [-0.2, -0.15) is 0 Å². The van der Waals surface area contributed by atoms with Gasteiger partial charge in [0.05, 0.1) is 11.1 Å². The molecular weight excluding hydrogens is 170 g/mol. The molecule has 2 N–H and O–H groups in total. The molecule has 0 radical (unpaired) electrons. The van der Waals surface area contributed by atoms with Gasteiger partial charge in [0.15, 0.2) is 6.29 Å². The standard InChI is InChI=1S/C9H9NO3/c1-10-9(13)7-4-2-3-6(5-11)8(7)12/h2-5,12H,1H3,(H,10,13). The molecular formula is C9H9NO3. The summed E-state index contributed by atoms with van der Waals surface area (Å²) in [4.78, 5) is 21.5. The second-order valence-electron chi connectivity index (χ2n) is 2.44. The molecule has 0 heterocycles. The highest BCUT2D eigenvalue weighted by Crippen LogP contribution is 2.20. The third kappa shape index (κ3) is 1.66. The van der Waals surface area contributed by atoms with Crippen LogP contribution in [0.3, 0.4) is 0 Å². The number of hydrogen-bond donors (Lipinski definition) is 2. The molecule has 1 rings (SSSR count). The largest absolute Gasteiger partial charge is 0.506 e. The molecule has 0 aromatic heterocycles. The lowest BCUT2D eigenvalue weighted by Crippen LogP contribution is -2.18. The van der Waals surface area contributed by atoms with Gasteiger partial charge in [-0.15, -0.1) is 0 Å². The van der Waals surface area contributed by atoms with Gasteiger partial charge >= 0.3 is 0 Å². The Labute approximate surface area is 75.2 Å². The first-order valence-electron chi connectivity index (χ1n) is 3.70. The highest BCUT2D eigenvalue weighted by molar-refractivity contribution is 5.99. The van der Waals surface area contributed by atoms with Gasteiger partial charge in [-0.25, -0.2) is 0 Å². The summed E-state index contributed by atoms with van der Waals surface area (Å²) in [7, 11) is 1.45. The maximum absolute atomic E-state index is 11.1. The fraction of sp³-hybridized carbons (Fsp3) is 0.111. The van der Waals surface area contributed by atoms with E-state index in [2.05, 4.69) is 5.32 Å². The maximum atomic E-state index is 11.1. The molecule has 4 heteroatoms. The van der Waals surface area contributed by atoms with Crippen LogP contribution in [0.25, 0.3) is 0 Å². The lowest BCUT2D eigenvalue weighted by Gasteiger charge is -2.03. The third-order valence-electron chi connectivity index (χ3n) is 1.67. The van der Waals surface area contributed by atoms with Crippen LogP contribution in [0.1, 0.15) is 20.7 Å². The summed E-state index contributed by atoms with van der Waals surface area (Å²) in [6.45, 7) is 0. The van der Waals surface area contributed by atoms with Gasteiger partial charge in [-0.1, -0.05) is 6.07 Å². The lowest BCUT2D eigenvalue weighted by molar-refractivity contribution is 0.0960. The molecule has 13 heavy (non-hydrogen) atoms. The molecule has 4 nitrogen and oxygen atoms in total. The van der Waals surface area contributed by atoms with Crippen molar-refractivity contribution in [2.45, 2.75) is 0 Å². The van der Waals surface area contributed by atoms with Crippen molar-refractivity contribution >= 4 is 12.2 Å². The average Bonchev–Trinajstić information content (AvgIpc) is 2.17. The second-order valence-corrected chi connectivity index (χ2v) is 2.44. The lowest BCUT2D eigenvalue weighted by atomic mass is 10.1. The molecule has 0 atom stereocenters. The molecule has 0 bridgehead atoms. The van der Waals surface area contributed by atoms with Gasteiger partial charge in [0.1, 0.15) is 5.75 Å². The van der Waals surface area contributed by atoms with Gasteiger partial charge in [-0.05, 0) is 12.1 Å². The monoisotopic (exact) mass is 179 g/mol. The normalized spacial score (nSPS) is 9.31. The van der Waals surface area contributed by atoms with Crippen molar-refractivity contribution in [3.63, 3.8) is 0 Å². The Hall–Kier alpha value is -1.84. The SMILES string of the molecule is CNC(=O)c1cccc(C=O)c1O. The van der Waals surface area contributed by atoms with Gasteiger partial charge in [-0.3, -0.25) is 9.59 Å². The molecule has 1 aromatic carbocycles. The quantitative estimate of drug-likeness (QED) is 0.652. The summed E-state index contributed by atoms with van der Waals surface area (Å²) in [6.07, 6.45) is 0.502. The van der Waals surface area contributed by atoms with Crippen molar-refractivity contribution in [1.29, 1.82) is 0 Å². The molecule has 1 amide bonds. The van der Waals surface area contributed by atoms with E-state index in [1.54, 1.807) is 0 Å². The molecule has 0 unspecified atom stereocenters. The smallest absolute Gasteiger partial charge is 0.254 e. The van der Waals surface area contributed by atoms with Crippen LogP contribution in [0.4, 0.5) is 0 Å². The number of amides is 1. The second kappa shape index (κ2) is 3.71. The topological polar surface area (TPSA) is 66.4 Å². The molecule has 0 saturated heterocycles. The van der Waals surface area contributed by atoms with Gasteiger partial charge in [0.25, 0.3) is 5.91 Å². The number of para-hydroxylation sites is 1. The van der Waals surface area contributed by atoms with Gasteiger partial charge < -0.3 is 10.4 Å².